The minimum absolute atomic E-state index is 0.00306. The first-order chi connectivity index (χ1) is 14.7. The number of nitrogens with one attached hydrogen (secondary N) is 1. The van der Waals surface area contributed by atoms with Gasteiger partial charge in [0.25, 0.3) is 0 Å². The molecule has 3 aromatic rings. The summed E-state index contributed by atoms with van der Waals surface area (Å²) in [4.78, 5) is 14.3. The average Bonchev–Trinajstić information content (AvgIpc) is 2.72. The van der Waals surface area contributed by atoms with Gasteiger partial charge in [-0.05, 0) is 43.2 Å². The van der Waals surface area contributed by atoms with Crippen LogP contribution in [0.1, 0.15) is 38.0 Å². The summed E-state index contributed by atoms with van der Waals surface area (Å²) in [5.74, 6) is -1.57. The molecule has 0 saturated heterocycles. The van der Waals surface area contributed by atoms with Crippen molar-refractivity contribution < 1.29 is 27.6 Å². The molecule has 31 heavy (non-hydrogen) atoms. The zero-order valence-electron chi connectivity index (χ0n) is 17.3. The molecule has 0 aliphatic rings. The molecule has 1 unspecified atom stereocenters. The summed E-state index contributed by atoms with van der Waals surface area (Å²) in [6.45, 7) is 5.77. The monoisotopic (exact) mass is 454 g/mol. The van der Waals surface area contributed by atoms with E-state index in [0.717, 1.165) is 30.8 Å². The maximum absolute atomic E-state index is 13.9. The van der Waals surface area contributed by atoms with Crippen LogP contribution in [0.4, 0.5) is 13.2 Å². The molecule has 0 aliphatic carbocycles. The number of hydrogen-bond acceptors (Lipinski definition) is 3. The lowest BCUT2D eigenvalue weighted by atomic mass is 10.00. The van der Waals surface area contributed by atoms with Gasteiger partial charge in [0, 0.05) is 5.02 Å². The number of hydrogen-bond donors (Lipinski definition) is 2. The third-order valence-electron chi connectivity index (χ3n) is 5.34. The van der Waals surface area contributed by atoms with Crippen LogP contribution < -0.4 is 10.3 Å². The SMILES string of the molecule is CCCC[NH+](CC)Cc1c(O)ccc2c(=O)c(-c3ccc(Cl)cc3)c(C(F)(F)F)oc12. The van der Waals surface area contributed by atoms with Gasteiger partial charge in [-0.2, -0.15) is 13.2 Å². The molecule has 0 amide bonds. The van der Waals surface area contributed by atoms with Crippen molar-refractivity contribution in [2.24, 2.45) is 0 Å². The van der Waals surface area contributed by atoms with E-state index >= 15 is 0 Å². The number of phenols is 1. The van der Waals surface area contributed by atoms with E-state index in [1.54, 1.807) is 0 Å². The minimum atomic E-state index is -4.90. The van der Waals surface area contributed by atoms with Crippen LogP contribution in [0.5, 0.6) is 5.75 Å². The van der Waals surface area contributed by atoms with Crippen molar-refractivity contribution >= 4 is 22.6 Å². The molecule has 0 saturated carbocycles. The van der Waals surface area contributed by atoms with Crippen LogP contribution in [0.2, 0.25) is 5.02 Å². The van der Waals surface area contributed by atoms with E-state index in [2.05, 4.69) is 6.92 Å². The second-order valence-corrected chi connectivity index (χ2v) is 7.90. The van der Waals surface area contributed by atoms with E-state index in [9.17, 15) is 23.1 Å². The lowest BCUT2D eigenvalue weighted by Crippen LogP contribution is -3.10. The molecule has 3 rings (SSSR count). The number of benzene rings is 2. The van der Waals surface area contributed by atoms with Gasteiger partial charge in [-0.3, -0.25) is 4.79 Å². The van der Waals surface area contributed by atoms with Gasteiger partial charge in [0.15, 0.2) is 5.58 Å². The molecule has 1 atom stereocenters. The summed E-state index contributed by atoms with van der Waals surface area (Å²) in [6.07, 6.45) is -2.99. The third-order valence-corrected chi connectivity index (χ3v) is 5.59. The molecule has 4 nitrogen and oxygen atoms in total. The summed E-state index contributed by atoms with van der Waals surface area (Å²) >= 11 is 5.85. The van der Waals surface area contributed by atoms with E-state index in [1.165, 1.54) is 36.4 Å². The van der Waals surface area contributed by atoms with Crippen LogP contribution >= 0.6 is 11.6 Å². The molecule has 0 fully saturated rings. The zero-order chi connectivity index (χ0) is 22.8. The van der Waals surface area contributed by atoms with Crippen LogP contribution in [-0.2, 0) is 12.7 Å². The van der Waals surface area contributed by atoms with Crippen molar-refractivity contribution in [1.82, 2.24) is 0 Å². The molecule has 1 heterocycles. The van der Waals surface area contributed by atoms with Crippen LogP contribution in [-0.4, -0.2) is 18.2 Å². The lowest BCUT2D eigenvalue weighted by Gasteiger charge is -2.19. The number of unbranched alkanes of at least 4 members (excludes halogenated alkanes) is 1. The minimum Gasteiger partial charge on any atom is -0.507 e. The molecule has 166 valence electrons. The summed E-state index contributed by atoms with van der Waals surface area (Å²) in [5, 5.41) is 10.7. The average molecular weight is 455 g/mol. The molecule has 0 spiro atoms. The Labute approximate surface area is 182 Å². The van der Waals surface area contributed by atoms with Crippen LogP contribution in [0.15, 0.2) is 45.6 Å². The molecule has 0 radical (unpaired) electrons. The second kappa shape index (κ2) is 9.32. The maximum Gasteiger partial charge on any atom is 0.450 e. The number of quaternary nitrogens is 1. The predicted molar refractivity (Wildman–Crippen MR) is 115 cm³/mol. The Kier molecular flexibility index (Phi) is 6.96. The van der Waals surface area contributed by atoms with Gasteiger partial charge in [-0.15, -0.1) is 0 Å². The largest absolute Gasteiger partial charge is 0.507 e. The van der Waals surface area contributed by atoms with E-state index in [1.807, 2.05) is 6.92 Å². The van der Waals surface area contributed by atoms with Crippen molar-refractivity contribution in [3.63, 3.8) is 0 Å². The number of rotatable bonds is 7. The number of halogens is 4. The topological polar surface area (TPSA) is 54.9 Å². The van der Waals surface area contributed by atoms with Crippen molar-refractivity contribution in [2.45, 2.75) is 39.4 Å². The normalized spacial score (nSPS) is 13.0. The van der Waals surface area contributed by atoms with Gasteiger partial charge < -0.3 is 14.4 Å². The fourth-order valence-electron chi connectivity index (χ4n) is 3.62. The summed E-state index contributed by atoms with van der Waals surface area (Å²) in [5.41, 5.74) is -1.33. The van der Waals surface area contributed by atoms with Crippen molar-refractivity contribution in [2.75, 3.05) is 13.1 Å². The van der Waals surface area contributed by atoms with E-state index in [-0.39, 0.29) is 34.4 Å². The van der Waals surface area contributed by atoms with Gasteiger partial charge in [-0.25, -0.2) is 0 Å². The summed E-state index contributed by atoms with van der Waals surface area (Å²) < 4.78 is 47.1. The van der Waals surface area contributed by atoms with Crippen molar-refractivity contribution in [1.29, 1.82) is 0 Å². The Morgan fingerprint density at radius 1 is 1.10 bits per heavy atom. The first kappa shape index (κ1) is 23.2. The van der Waals surface area contributed by atoms with Crippen LogP contribution in [0.25, 0.3) is 22.1 Å². The second-order valence-electron chi connectivity index (χ2n) is 7.46. The molecule has 1 aromatic heterocycles. The van der Waals surface area contributed by atoms with Gasteiger partial charge in [0.05, 0.1) is 29.6 Å². The van der Waals surface area contributed by atoms with Crippen molar-refractivity contribution in [3.8, 4) is 16.9 Å². The molecule has 2 N–H and O–H groups in total. The maximum atomic E-state index is 13.9. The molecule has 2 aromatic carbocycles. The zero-order valence-corrected chi connectivity index (χ0v) is 18.0. The smallest absolute Gasteiger partial charge is 0.450 e. The summed E-state index contributed by atoms with van der Waals surface area (Å²) in [7, 11) is 0. The van der Waals surface area contributed by atoms with Crippen molar-refractivity contribution in [3.05, 3.63) is 63.0 Å². The summed E-state index contributed by atoms with van der Waals surface area (Å²) in [6, 6.07) is 8.17. The highest BCUT2D eigenvalue weighted by Gasteiger charge is 2.40. The van der Waals surface area contributed by atoms with E-state index in [0.29, 0.717) is 5.02 Å². The highest BCUT2D eigenvalue weighted by molar-refractivity contribution is 6.30. The molecule has 0 aliphatic heterocycles. The molecular weight excluding hydrogens is 431 g/mol. The quantitative estimate of drug-likeness (QED) is 0.525. The van der Waals surface area contributed by atoms with E-state index in [4.69, 9.17) is 16.0 Å². The molecular formula is C23H24ClF3NO3+. The predicted octanol–water partition coefficient (Wildman–Crippen LogP) is 5.04. The van der Waals surface area contributed by atoms with E-state index < -0.39 is 22.9 Å². The van der Waals surface area contributed by atoms with Crippen LogP contribution in [0, 0.1) is 0 Å². The number of aromatic hydroxyl groups is 1. The number of phenolic OH excluding ortho intramolecular Hbond substituents is 1. The standard InChI is InChI=1S/C23H23ClF3NO3/c1-3-5-12-28(4-2)13-17-18(29)11-10-16-20(30)19(14-6-8-15(24)9-7-14)22(23(25,26)27)31-21(16)17/h6-11,29H,3-5,12-13H2,1-2H3/p+1. The first-order valence-corrected chi connectivity index (χ1v) is 10.5. The number of alkyl halides is 3. The van der Waals surface area contributed by atoms with Crippen LogP contribution in [0.3, 0.4) is 0 Å². The molecule has 0 bridgehead atoms. The molecule has 8 heteroatoms. The Balaban J connectivity index is 2.28. The highest BCUT2D eigenvalue weighted by Crippen LogP contribution is 2.39. The van der Waals surface area contributed by atoms with Gasteiger partial charge in [0.2, 0.25) is 11.2 Å². The fraction of sp³-hybridized carbons (Fsp3) is 0.348. The third kappa shape index (κ3) is 4.88. The first-order valence-electron chi connectivity index (χ1n) is 10.2. The Bertz CT molecular complexity index is 1120. The van der Waals surface area contributed by atoms with Gasteiger partial charge in [0.1, 0.15) is 12.3 Å². The Hall–Kier alpha value is -2.51. The highest BCUT2D eigenvalue weighted by atomic mass is 35.5. The lowest BCUT2D eigenvalue weighted by molar-refractivity contribution is -0.912. The number of fused-ring (bicyclic) bond motifs is 1. The van der Waals surface area contributed by atoms with Gasteiger partial charge in [-0.1, -0.05) is 37.1 Å². The Morgan fingerprint density at radius 3 is 2.35 bits per heavy atom. The fourth-order valence-corrected chi connectivity index (χ4v) is 3.75. The van der Waals surface area contributed by atoms with Gasteiger partial charge >= 0.3 is 6.18 Å². The Morgan fingerprint density at radius 2 is 1.77 bits per heavy atom.